The van der Waals surface area contributed by atoms with Gasteiger partial charge in [-0.3, -0.25) is 15.0 Å². The zero-order valence-electron chi connectivity index (χ0n) is 10.3. The van der Waals surface area contributed by atoms with Crippen LogP contribution < -0.4 is 0 Å². The summed E-state index contributed by atoms with van der Waals surface area (Å²) in [5, 5.41) is 4.51. The largest absolute Gasteiger partial charge is 0.289 e. The predicted octanol–water partition coefficient (Wildman–Crippen LogP) is 3.03. The Morgan fingerprint density at radius 1 is 1.11 bits per heavy atom. The Labute approximate surface area is 108 Å². The van der Waals surface area contributed by atoms with E-state index in [0.29, 0.717) is 6.04 Å². The van der Waals surface area contributed by atoms with Gasteiger partial charge in [0.05, 0.1) is 18.3 Å². The third-order valence-corrected chi connectivity index (χ3v) is 3.31. The molecule has 1 aromatic rings. The first-order valence-corrected chi connectivity index (χ1v) is 6.41. The predicted molar refractivity (Wildman–Crippen MR) is 72.2 cm³/mol. The van der Waals surface area contributed by atoms with Gasteiger partial charge in [0, 0.05) is 18.6 Å². The van der Waals surface area contributed by atoms with Gasteiger partial charge in [0.2, 0.25) is 0 Å². The van der Waals surface area contributed by atoms with E-state index in [4.69, 9.17) is 0 Å². The third-order valence-electron chi connectivity index (χ3n) is 3.31. The van der Waals surface area contributed by atoms with E-state index in [1.54, 1.807) is 0 Å². The van der Waals surface area contributed by atoms with Crippen LogP contribution >= 0.6 is 0 Å². The average molecular weight is 239 g/mol. The van der Waals surface area contributed by atoms with E-state index in [1.165, 1.54) is 0 Å². The summed E-state index contributed by atoms with van der Waals surface area (Å²) in [6, 6.07) is 6.48. The van der Waals surface area contributed by atoms with Gasteiger partial charge in [-0.2, -0.15) is 0 Å². The molecular formula is C15H17N3. The van der Waals surface area contributed by atoms with Crippen molar-refractivity contribution in [3.63, 3.8) is 0 Å². The van der Waals surface area contributed by atoms with Crippen LogP contribution in [-0.4, -0.2) is 21.5 Å². The normalized spacial score (nSPS) is 22.6. The monoisotopic (exact) mass is 239 g/mol. The minimum Gasteiger partial charge on any atom is -0.289 e. The van der Waals surface area contributed by atoms with Gasteiger partial charge >= 0.3 is 0 Å². The van der Waals surface area contributed by atoms with Gasteiger partial charge in [0.15, 0.2) is 0 Å². The maximum atomic E-state index is 4.50. The Morgan fingerprint density at radius 2 is 2.11 bits per heavy atom. The molecule has 0 radical (unpaired) electrons. The molecular weight excluding hydrogens is 222 g/mol. The summed E-state index contributed by atoms with van der Waals surface area (Å²) in [7, 11) is 0. The van der Waals surface area contributed by atoms with E-state index < -0.39 is 0 Å². The Kier molecular flexibility index (Phi) is 3.13. The molecule has 2 aliphatic heterocycles. The van der Waals surface area contributed by atoms with E-state index in [1.807, 2.05) is 12.3 Å². The van der Waals surface area contributed by atoms with Gasteiger partial charge in [-0.15, -0.1) is 0 Å². The molecule has 0 bridgehead atoms. The molecule has 2 aliphatic rings. The molecule has 0 aromatic carbocycles. The fourth-order valence-corrected chi connectivity index (χ4v) is 2.42. The van der Waals surface area contributed by atoms with Crippen molar-refractivity contribution in [3.05, 3.63) is 66.8 Å². The fraction of sp³-hybridized carbons (Fsp3) is 0.267. The highest BCUT2D eigenvalue weighted by Crippen LogP contribution is 2.30. The lowest BCUT2D eigenvalue weighted by Gasteiger charge is -2.41. The number of aromatic nitrogens is 1. The van der Waals surface area contributed by atoms with Crippen molar-refractivity contribution >= 4 is 0 Å². The summed E-state index contributed by atoms with van der Waals surface area (Å²) in [5.41, 5.74) is 1.14. The van der Waals surface area contributed by atoms with Crippen LogP contribution in [0.25, 0.3) is 0 Å². The van der Waals surface area contributed by atoms with Crippen LogP contribution in [0.4, 0.5) is 0 Å². The lowest BCUT2D eigenvalue weighted by Crippen LogP contribution is -2.40. The summed E-state index contributed by atoms with van der Waals surface area (Å²) >= 11 is 0. The molecule has 3 rings (SSSR count). The number of pyridine rings is 1. The van der Waals surface area contributed by atoms with Crippen LogP contribution in [0.15, 0.2) is 61.1 Å². The maximum absolute atomic E-state index is 4.50. The zero-order valence-corrected chi connectivity index (χ0v) is 10.3. The van der Waals surface area contributed by atoms with Crippen molar-refractivity contribution in [3.8, 4) is 0 Å². The molecule has 0 N–H and O–H groups in total. The zero-order chi connectivity index (χ0) is 12.2. The van der Waals surface area contributed by atoms with Crippen molar-refractivity contribution in [2.45, 2.75) is 18.9 Å². The SMILES string of the molecule is C1=CCN(N2C=CCCC2c2ccccn2)C=C1. The van der Waals surface area contributed by atoms with E-state index in [2.05, 4.69) is 63.8 Å². The van der Waals surface area contributed by atoms with E-state index >= 15 is 0 Å². The Bertz CT molecular complexity index is 476. The van der Waals surface area contributed by atoms with Gasteiger partial charge in [-0.05, 0) is 31.1 Å². The third kappa shape index (κ3) is 2.16. The van der Waals surface area contributed by atoms with Gasteiger partial charge in [-0.1, -0.05) is 24.3 Å². The van der Waals surface area contributed by atoms with Crippen molar-refractivity contribution in [1.29, 1.82) is 0 Å². The second-order valence-electron chi connectivity index (χ2n) is 4.50. The van der Waals surface area contributed by atoms with Crippen molar-refractivity contribution in [2.75, 3.05) is 6.54 Å². The van der Waals surface area contributed by atoms with E-state index in [-0.39, 0.29) is 0 Å². The van der Waals surface area contributed by atoms with Crippen molar-refractivity contribution in [1.82, 2.24) is 15.0 Å². The smallest absolute Gasteiger partial charge is 0.0922 e. The number of hydrazine groups is 1. The maximum Gasteiger partial charge on any atom is 0.0922 e. The second-order valence-corrected chi connectivity index (χ2v) is 4.50. The minimum absolute atomic E-state index is 0.340. The molecule has 92 valence electrons. The van der Waals surface area contributed by atoms with Crippen LogP contribution in [0.2, 0.25) is 0 Å². The number of nitrogens with zero attached hydrogens (tertiary/aromatic N) is 3. The molecule has 3 heteroatoms. The highest BCUT2D eigenvalue weighted by atomic mass is 15.6. The van der Waals surface area contributed by atoms with Crippen molar-refractivity contribution in [2.24, 2.45) is 0 Å². The molecule has 0 saturated heterocycles. The van der Waals surface area contributed by atoms with Crippen LogP contribution in [0.1, 0.15) is 24.6 Å². The van der Waals surface area contributed by atoms with Gasteiger partial charge < -0.3 is 0 Å². The molecule has 1 unspecified atom stereocenters. The van der Waals surface area contributed by atoms with Gasteiger partial charge in [0.1, 0.15) is 0 Å². The average Bonchev–Trinajstić information content (AvgIpc) is 2.49. The number of hydrogen-bond acceptors (Lipinski definition) is 3. The topological polar surface area (TPSA) is 19.4 Å². The summed E-state index contributed by atoms with van der Waals surface area (Å²) in [4.78, 5) is 4.50. The molecule has 0 amide bonds. The first-order valence-electron chi connectivity index (χ1n) is 6.41. The van der Waals surface area contributed by atoms with Crippen molar-refractivity contribution < 1.29 is 0 Å². The second kappa shape index (κ2) is 5.08. The van der Waals surface area contributed by atoms with E-state index in [0.717, 1.165) is 25.1 Å². The molecule has 0 aliphatic carbocycles. The number of allylic oxidation sites excluding steroid dienone is 3. The Hall–Kier alpha value is -2.03. The van der Waals surface area contributed by atoms with Crippen LogP contribution in [0, 0.1) is 0 Å². The lowest BCUT2D eigenvalue weighted by atomic mass is 10.0. The molecule has 3 nitrogen and oxygen atoms in total. The highest BCUT2D eigenvalue weighted by Gasteiger charge is 2.24. The number of rotatable bonds is 2. The first kappa shape index (κ1) is 11.1. The molecule has 3 heterocycles. The minimum atomic E-state index is 0.340. The van der Waals surface area contributed by atoms with Gasteiger partial charge in [-0.25, -0.2) is 0 Å². The lowest BCUT2D eigenvalue weighted by molar-refractivity contribution is 0.0281. The first-order chi connectivity index (χ1) is 8.95. The summed E-state index contributed by atoms with van der Waals surface area (Å²) in [5.74, 6) is 0. The highest BCUT2D eigenvalue weighted by molar-refractivity contribution is 5.14. The molecule has 0 spiro atoms. The Balaban J connectivity index is 1.86. The molecule has 1 atom stereocenters. The molecule has 0 saturated carbocycles. The standard InChI is InChI=1S/C15H17N3/c1-5-11-17(12-6-1)18-13-7-3-9-15(18)14-8-2-4-10-16-14/h1-2,4-8,10-11,13,15H,3,9,12H2. The fourth-order valence-electron chi connectivity index (χ4n) is 2.42. The quantitative estimate of drug-likeness (QED) is 0.790. The van der Waals surface area contributed by atoms with Crippen LogP contribution in [0.5, 0.6) is 0 Å². The number of hydrogen-bond donors (Lipinski definition) is 0. The van der Waals surface area contributed by atoms with Gasteiger partial charge in [0.25, 0.3) is 0 Å². The van der Waals surface area contributed by atoms with Crippen LogP contribution in [0.3, 0.4) is 0 Å². The summed E-state index contributed by atoms with van der Waals surface area (Å²) < 4.78 is 0. The molecule has 18 heavy (non-hydrogen) atoms. The molecule has 1 aromatic heterocycles. The summed E-state index contributed by atoms with van der Waals surface area (Å²) in [6.45, 7) is 0.921. The Morgan fingerprint density at radius 3 is 2.89 bits per heavy atom. The van der Waals surface area contributed by atoms with Crippen LogP contribution in [-0.2, 0) is 0 Å². The molecule has 0 fully saturated rings. The summed E-state index contributed by atoms with van der Waals surface area (Å²) in [6.07, 6.45) is 16.9. The van der Waals surface area contributed by atoms with E-state index in [9.17, 15) is 0 Å².